The van der Waals surface area contributed by atoms with E-state index in [1.807, 2.05) is 25.7 Å². The highest BCUT2D eigenvalue weighted by atomic mass is 32.2. The van der Waals surface area contributed by atoms with Crippen LogP contribution in [0.2, 0.25) is 0 Å². The van der Waals surface area contributed by atoms with Crippen LogP contribution < -0.4 is 4.90 Å². The molecule has 2 atom stereocenters. The van der Waals surface area contributed by atoms with Gasteiger partial charge in [-0.05, 0) is 31.7 Å². The largest absolute Gasteiger partial charge is 0.340 e. The second-order valence-electron chi connectivity index (χ2n) is 8.92. The van der Waals surface area contributed by atoms with Gasteiger partial charge >= 0.3 is 0 Å². The van der Waals surface area contributed by atoms with Crippen LogP contribution in [0.4, 0.5) is 5.95 Å². The Balaban J connectivity index is 1.55. The number of fused-ring (bicyclic) bond motifs is 2. The second kappa shape index (κ2) is 7.50. The third-order valence-corrected chi connectivity index (χ3v) is 9.05. The number of nitrogens with zero attached hydrogens (tertiary/aromatic N) is 5. The van der Waals surface area contributed by atoms with Gasteiger partial charge in [-0.1, -0.05) is 13.8 Å². The summed E-state index contributed by atoms with van der Waals surface area (Å²) in [6.45, 7) is 8.93. The van der Waals surface area contributed by atoms with Crippen LogP contribution in [0.15, 0.2) is 18.5 Å². The van der Waals surface area contributed by atoms with Crippen molar-refractivity contribution in [2.75, 3.05) is 43.4 Å². The molecule has 1 aromatic rings. The fraction of sp³-hybridized carbons (Fsp3) is 0.750. The van der Waals surface area contributed by atoms with E-state index in [0.29, 0.717) is 45.0 Å². The predicted octanol–water partition coefficient (Wildman–Crippen LogP) is 1.21. The lowest BCUT2D eigenvalue weighted by atomic mass is 9.75. The zero-order chi connectivity index (χ0) is 20.8. The summed E-state index contributed by atoms with van der Waals surface area (Å²) in [7, 11) is -3.24. The smallest absolute Gasteiger partial charge is 0.228 e. The first-order valence-electron chi connectivity index (χ1n) is 10.6. The number of hydrogen-bond acceptors (Lipinski definition) is 6. The molecule has 1 amide bonds. The maximum absolute atomic E-state index is 13.2. The van der Waals surface area contributed by atoms with Crippen LogP contribution in [-0.2, 0) is 14.8 Å². The standard InChI is InChI=1S/C20H31N5O3S/c1-4-25-18(26)16-12-23(19-21-8-5-9-22-19)13-17(16)20(25)6-10-24(11-7-20)29(27,28)14-15(2)3/h5,8-9,15-17H,4,6-7,10-14H2,1-3H3/t16-,17+/m0/s1. The number of hydrogen-bond donors (Lipinski definition) is 0. The molecule has 3 aliphatic heterocycles. The summed E-state index contributed by atoms with van der Waals surface area (Å²) >= 11 is 0. The number of carbonyl (C=O) groups excluding carboxylic acids is 1. The van der Waals surface area contributed by atoms with Crippen molar-refractivity contribution in [3.05, 3.63) is 18.5 Å². The number of likely N-dealkylation sites (tertiary alicyclic amines) is 1. The molecule has 0 bridgehead atoms. The lowest BCUT2D eigenvalue weighted by Crippen LogP contribution is -2.58. The van der Waals surface area contributed by atoms with Crippen molar-refractivity contribution in [1.29, 1.82) is 0 Å². The first kappa shape index (κ1) is 20.5. The van der Waals surface area contributed by atoms with E-state index < -0.39 is 10.0 Å². The minimum Gasteiger partial charge on any atom is -0.340 e. The van der Waals surface area contributed by atoms with E-state index >= 15 is 0 Å². The van der Waals surface area contributed by atoms with Crippen molar-refractivity contribution >= 4 is 21.9 Å². The molecule has 0 radical (unpaired) electrons. The van der Waals surface area contributed by atoms with E-state index in [9.17, 15) is 13.2 Å². The van der Waals surface area contributed by atoms with Crippen LogP contribution in [-0.4, -0.2) is 77.5 Å². The number of rotatable bonds is 5. The van der Waals surface area contributed by atoms with Crippen LogP contribution in [0.5, 0.6) is 0 Å². The van der Waals surface area contributed by atoms with Gasteiger partial charge in [-0.15, -0.1) is 0 Å². The van der Waals surface area contributed by atoms with Crippen molar-refractivity contribution in [2.24, 2.45) is 17.8 Å². The molecule has 4 heterocycles. The molecule has 9 heteroatoms. The summed E-state index contributed by atoms with van der Waals surface area (Å²) in [5.74, 6) is 1.29. The SMILES string of the molecule is CCN1C(=O)[C@H]2CN(c3ncccn3)C[C@H]2C12CCN(S(=O)(=O)CC(C)C)CC2. The van der Waals surface area contributed by atoms with Crippen LogP contribution in [0.1, 0.15) is 33.6 Å². The molecule has 3 saturated heterocycles. The molecule has 0 aromatic carbocycles. The van der Waals surface area contributed by atoms with Gasteiger partial charge in [0, 0.05) is 51.0 Å². The van der Waals surface area contributed by atoms with Crippen molar-refractivity contribution < 1.29 is 13.2 Å². The van der Waals surface area contributed by atoms with E-state index in [-0.39, 0.29) is 35.0 Å². The summed E-state index contributed by atoms with van der Waals surface area (Å²) in [6, 6.07) is 1.79. The van der Waals surface area contributed by atoms with Crippen molar-refractivity contribution in [2.45, 2.75) is 39.2 Å². The summed E-state index contributed by atoms with van der Waals surface area (Å²) < 4.78 is 27.0. The van der Waals surface area contributed by atoms with Gasteiger partial charge < -0.3 is 9.80 Å². The van der Waals surface area contributed by atoms with Crippen molar-refractivity contribution in [1.82, 2.24) is 19.2 Å². The minimum absolute atomic E-state index is 0.0578. The van der Waals surface area contributed by atoms with Gasteiger partial charge in [0.15, 0.2) is 0 Å². The van der Waals surface area contributed by atoms with Gasteiger partial charge in [0.2, 0.25) is 21.9 Å². The summed E-state index contributed by atoms with van der Waals surface area (Å²) in [4.78, 5) is 26.1. The highest BCUT2D eigenvalue weighted by Gasteiger charge is 2.61. The zero-order valence-electron chi connectivity index (χ0n) is 17.5. The van der Waals surface area contributed by atoms with E-state index in [1.165, 1.54) is 0 Å². The molecule has 160 valence electrons. The van der Waals surface area contributed by atoms with Gasteiger partial charge in [-0.2, -0.15) is 0 Å². The van der Waals surface area contributed by atoms with Gasteiger partial charge in [-0.3, -0.25) is 4.79 Å². The summed E-state index contributed by atoms with van der Waals surface area (Å²) in [5, 5.41) is 0. The summed E-state index contributed by atoms with van der Waals surface area (Å²) in [6.07, 6.45) is 4.86. The monoisotopic (exact) mass is 421 g/mol. The number of anilines is 1. The Morgan fingerprint density at radius 3 is 2.41 bits per heavy atom. The van der Waals surface area contributed by atoms with Gasteiger partial charge in [-0.25, -0.2) is 22.7 Å². The lowest BCUT2D eigenvalue weighted by molar-refractivity contribution is -0.134. The van der Waals surface area contributed by atoms with E-state index in [4.69, 9.17) is 0 Å². The van der Waals surface area contributed by atoms with E-state index in [0.717, 1.165) is 6.54 Å². The molecule has 0 saturated carbocycles. The fourth-order valence-electron chi connectivity index (χ4n) is 5.63. The second-order valence-corrected chi connectivity index (χ2v) is 10.9. The number of piperidine rings is 1. The molecule has 0 N–H and O–H groups in total. The molecule has 1 spiro atoms. The molecule has 0 unspecified atom stereocenters. The molecular weight excluding hydrogens is 390 g/mol. The molecular formula is C20H31N5O3S. The lowest BCUT2D eigenvalue weighted by Gasteiger charge is -2.47. The average Bonchev–Trinajstić information content (AvgIpc) is 3.21. The third kappa shape index (κ3) is 3.42. The Kier molecular flexibility index (Phi) is 5.31. The summed E-state index contributed by atoms with van der Waals surface area (Å²) in [5.41, 5.74) is -0.260. The normalized spacial score (nSPS) is 27.2. The van der Waals surface area contributed by atoms with Crippen LogP contribution in [0, 0.1) is 17.8 Å². The quantitative estimate of drug-likeness (QED) is 0.710. The maximum atomic E-state index is 13.2. The van der Waals surface area contributed by atoms with Crippen LogP contribution >= 0.6 is 0 Å². The van der Waals surface area contributed by atoms with Crippen molar-refractivity contribution in [3.63, 3.8) is 0 Å². The highest BCUT2D eigenvalue weighted by Crippen LogP contribution is 2.50. The Hall–Kier alpha value is -1.74. The predicted molar refractivity (Wildman–Crippen MR) is 111 cm³/mol. The molecule has 3 aliphatic rings. The van der Waals surface area contributed by atoms with E-state index in [2.05, 4.69) is 14.9 Å². The Labute approximate surface area is 173 Å². The average molecular weight is 422 g/mol. The Bertz CT molecular complexity index is 852. The molecule has 1 aromatic heterocycles. The molecule has 3 fully saturated rings. The molecule has 0 aliphatic carbocycles. The number of aromatic nitrogens is 2. The Morgan fingerprint density at radius 2 is 1.83 bits per heavy atom. The van der Waals surface area contributed by atoms with Gasteiger partial charge in [0.25, 0.3) is 0 Å². The first-order valence-corrected chi connectivity index (χ1v) is 12.2. The van der Waals surface area contributed by atoms with Crippen molar-refractivity contribution in [3.8, 4) is 0 Å². The number of sulfonamides is 1. The first-order chi connectivity index (χ1) is 13.8. The van der Waals surface area contributed by atoms with Gasteiger partial charge in [0.1, 0.15) is 0 Å². The minimum atomic E-state index is -3.24. The molecule has 4 rings (SSSR count). The van der Waals surface area contributed by atoms with Crippen LogP contribution in [0.25, 0.3) is 0 Å². The number of carbonyl (C=O) groups is 1. The molecule has 29 heavy (non-hydrogen) atoms. The zero-order valence-corrected chi connectivity index (χ0v) is 18.3. The van der Waals surface area contributed by atoms with Crippen LogP contribution in [0.3, 0.4) is 0 Å². The number of amides is 1. The third-order valence-electron chi connectivity index (χ3n) is 6.81. The maximum Gasteiger partial charge on any atom is 0.228 e. The van der Waals surface area contributed by atoms with Gasteiger partial charge in [0.05, 0.1) is 17.2 Å². The topological polar surface area (TPSA) is 86.7 Å². The fourth-order valence-corrected chi connectivity index (χ4v) is 7.42. The molecule has 8 nitrogen and oxygen atoms in total. The Morgan fingerprint density at radius 1 is 1.17 bits per heavy atom. The highest BCUT2D eigenvalue weighted by molar-refractivity contribution is 7.89. The van der Waals surface area contributed by atoms with E-state index in [1.54, 1.807) is 22.8 Å².